The van der Waals surface area contributed by atoms with Gasteiger partial charge >= 0.3 is 0 Å². The van der Waals surface area contributed by atoms with E-state index in [9.17, 15) is 9.18 Å². The Morgan fingerprint density at radius 1 is 1.28 bits per heavy atom. The molecule has 134 valence electrons. The lowest BCUT2D eigenvalue weighted by Crippen LogP contribution is -2.37. The van der Waals surface area contributed by atoms with Crippen LogP contribution in [0, 0.1) is 5.82 Å². The molecule has 6 nitrogen and oxygen atoms in total. The normalized spacial score (nSPS) is 16.6. The monoisotopic (exact) mass is 345 g/mol. The van der Waals surface area contributed by atoms with Gasteiger partial charge in [0, 0.05) is 18.7 Å². The third-order valence-electron chi connectivity index (χ3n) is 4.66. The van der Waals surface area contributed by atoms with Crippen molar-refractivity contribution in [2.24, 2.45) is 0 Å². The van der Waals surface area contributed by atoms with E-state index in [4.69, 9.17) is 0 Å². The second-order valence-electron chi connectivity index (χ2n) is 6.44. The summed E-state index contributed by atoms with van der Waals surface area (Å²) in [5.41, 5.74) is 0.770. The number of hydrogen-bond acceptors (Lipinski definition) is 4. The van der Waals surface area contributed by atoms with Crippen molar-refractivity contribution in [1.82, 2.24) is 25.2 Å². The van der Waals surface area contributed by atoms with Crippen LogP contribution < -0.4 is 5.32 Å². The van der Waals surface area contributed by atoms with Gasteiger partial charge in [0.05, 0.1) is 12.2 Å². The van der Waals surface area contributed by atoms with Crippen molar-refractivity contribution in [1.29, 1.82) is 0 Å². The molecule has 1 aliphatic heterocycles. The van der Waals surface area contributed by atoms with Crippen molar-refractivity contribution in [3.05, 3.63) is 47.5 Å². The van der Waals surface area contributed by atoms with Crippen LogP contribution in [0.5, 0.6) is 0 Å². The lowest BCUT2D eigenvalue weighted by Gasteiger charge is -2.26. The number of likely N-dealkylation sites (tertiary alicyclic amines) is 1. The Bertz CT molecular complexity index is 711. The molecule has 1 N–H and O–H groups in total. The van der Waals surface area contributed by atoms with Gasteiger partial charge in [0.1, 0.15) is 5.82 Å². The fraction of sp³-hybridized carbons (Fsp3) is 0.500. The van der Waals surface area contributed by atoms with Gasteiger partial charge in [-0.05, 0) is 38.9 Å². The Morgan fingerprint density at radius 3 is 2.80 bits per heavy atom. The van der Waals surface area contributed by atoms with E-state index in [-0.39, 0.29) is 23.5 Å². The maximum absolute atomic E-state index is 13.9. The van der Waals surface area contributed by atoms with Gasteiger partial charge in [0.2, 0.25) is 0 Å². The molecule has 0 aliphatic carbocycles. The van der Waals surface area contributed by atoms with Crippen molar-refractivity contribution >= 4 is 5.91 Å². The lowest BCUT2D eigenvalue weighted by atomic mass is 10.1. The summed E-state index contributed by atoms with van der Waals surface area (Å²) in [4.78, 5) is 14.6. The van der Waals surface area contributed by atoms with Crippen molar-refractivity contribution in [2.45, 2.75) is 32.2 Å². The van der Waals surface area contributed by atoms with Crippen molar-refractivity contribution in [3.63, 3.8) is 0 Å². The zero-order valence-corrected chi connectivity index (χ0v) is 14.5. The van der Waals surface area contributed by atoms with Gasteiger partial charge in [-0.2, -0.15) is 0 Å². The van der Waals surface area contributed by atoms with Crippen LogP contribution in [0.4, 0.5) is 4.39 Å². The van der Waals surface area contributed by atoms with E-state index in [0.717, 1.165) is 19.6 Å². The van der Waals surface area contributed by atoms with Crippen molar-refractivity contribution in [2.75, 3.05) is 26.2 Å². The SMILES string of the molecule is C[C@H](c1ccccc1F)n1cc(C(=O)NCCN2CCCCC2)nn1. The number of nitrogens with one attached hydrogen (secondary N) is 1. The highest BCUT2D eigenvalue weighted by Gasteiger charge is 2.17. The second kappa shape index (κ2) is 8.20. The molecule has 0 saturated carbocycles. The molecule has 2 aromatic rings. The standard InChI is InChI=1S/C18H24FN5O/c1-14(15-7-3-4-8-16(15)19)24-13-17(21-22-24)18(25)20-9-12-23-10-5-2-6-11-23/h3-4,7-8,13-14H,2,5-6,9-12H2,1H3,(H,20,25)/t14-/m1/s1. The van der Waals surface area contributed by atoms with Gasteiger partial charge in [0.15, 0.2) is 5.69 Å². The van der Waals surface area contributed by atoms with Gasteiger partial charge < -0.3 is 10.2 Å². The van der Waals surface area contributed by atoms with E-state index in [1.54, 1.807) is 24.4 Å². The highest BCUT2D eigenvalue weighted by Crippen LogP contribution is 2.19. The van der Waals surface area contributed by atoms with E-state index in [1.807, 2.05) is 6.92 Å². The predicted molar refractivity (Wildman–Crippen MR) is 92.9 cm³/mol. The Hall–Kier alpha value is -2.28. The minimum Gasteiger partial charge on any atom is -0.349 e. The highest BCUT2D eigenvalue weighted by molar-refractivity contribution is 5.91. The average Bonchev–Trinajstić information content (AvgIpc) is 3.13. The van der Waals surface area contributed by atoms with E-state index in [1.165, 1.54) is 30.0 Å². The Labute approximate surface area is 147 Å². The van der Waals surface area contributed by atoms with Crippen LogP contribution in [-0.2, 0) is 0 Å². The largest absolute Gasteiger partial charge is 0.349 e. The Morgan fingerprint density at radius 2 is 2.04 bits per heavy atom. The summed E-state index contributed by atoms with van der Waals surface area (Å²) >= 11 is 0. The van der Waals surface area contributed by atoms with Gasteiger partial charge in [0.25, 0.3) is 5.91 Å². The molecule has 0 spiro atoms. The van der Waals surface area contributed by atoms with Gasteiger partial charge in [-0.3, -0.25) is 4.79 Å². The van der Waals surface area contributed by atoms with Crippen LogP contribution in [0.25, 0.3) is 0 Å². The maximum Gasteiger partial charge on any atom is 0.273 e. The third-order valence-corrected chi connectivity index (χ3v) is 4.66. The van der Waals surface area contributed by atoms with E-state index >= 15 is 0 Å². The number of hydrogen-bond donors (Lipinski definition) is 1. The van der Waals surface area contributed by atoms with E-state index in [2.05, 4.69) is 20.5 Å². The zero-order chi connectivity index (χ0) is 17.6. The molecule has 3 rings (SSSR count). The number of piperidine rings is 1. The number of rotatable bonds is 6. The molecule has 7 heteroatoms. The molecule has 1 aliphatic rings. The molecule has 0 bridgehead atoms. The zero-order valence-electron chi connectivity index (χ0n) is 14.5. The van der Waals surface area contributed by atoms with E-state index < -0.39 is 0 Å². The number of aromatic nitrogens is 3. The Balaban J connectivity index is 1.55. The molecule has 25 heavy (non-hydrogen) atoms. The van der Waals surface area contributed by atoms with Gasteiger partial charge in [-0.1, -0.05) is 29.8 Å². The van der Waals surface area contributed by atoms with Crippen LogP contribution in [0.15, 0.2) is 30.5 Å². The van der Waals surface area contributed by atoms with Crippen LogP contribution in [0.2, 0.25) is 0 Å². The predicted octanol–water partition coefficient (Wildman–Crippen LogP) is 2.24. The molecule has 0 radical (unpaired) electrons. The summed E-state index contributed by atoms with van der Waals surface area (Å²) < 4.78 is 15.4. The van der Waals surface area contributed by atoms with Gasteiger partial charge in [-0.25, -0.2) is 9.07 Å². The average molecular weight is 345 g/mol. The summed E-state index contributed by atoms with van der Waals surface area (Å²) in [7, 11) is 0. The number of benzene rings is 1. The first kappa shape index (κ1) is 17.5. The second-order valence-corrected chi connectivity index (χ2v) is 6.44. The summed E-state index contributed by atoms with van der Waals surface area (Å²) in [5.74, 6) is -0.540. The minimum atomic E-state index is -0.330. The number of halogens is 1. The molecule has 0 unspecified atom stereocenters. The first-order valence-corrected chi connectivity index (χ1v) is 8.82. The number of nitrogens with zero attached hydrogens (tertiary/aromatic N) is 4. The number of carbonyl (C=O) groups excluding carboxylic acids is 1. The maximum atomic E-state index is 13.9. The van der Waals surface area contributed by atoms with Crippen LogP contribution >= 0.6 is 0 Å². The van der Waals surface area contributed by atoms with Crippen LogP contribution in [0.3, 0.4) is 0 Å². The number of carbonyl (C=O) groups is 1. The fourth-order valence-corrected chi connectivity index (χ4v) is 3.13. The molecule has 1 aromatic carbocycles. The summed E-state index contributed by atoms with van der Waals surface area (Å²) in [6.07, 6.45) is 5.33. The van der Waals surface area contributed by atoms with Crippen molar-refractivity contribution in [3.8, 4) is 0 Å². The van der Waals surface area contributed by atoms with Crippen LogP contribution in [-0.4, -0.2) is 52.0 Å². The van der Waals surface area contributed by atoms with E-state index in [0.29, 0.717) is 12.1 Å². The summed E-state index contributed by atoms with van der Waals surface area (Å²) in [5, 5.41) is 10.8. The fourth-order valence-electron chi connectivity index (χ4n) is 3.13. The Kier molecular flexibility index (Phi) is 5.75. The van der Waals surface area contributed by atoms with Gasteiger partial charge in [-0.15, -0.1) is 5.10 Å². The first-order valence-electron chi connectivity index (χ1n) is 8.82. The first-order chi connectivity index (χ1) is 12.1. The molecule has 1 fully saturated rings. The molecular formula is C18H24FN5O. The molecule has 2 heterocycles. The smallest absolute Gasteiger partial charge is 0.273 e. The third kappa shape index (κ3) is 4.42. The molecule has 1 saturated heterocycles. The summed E-state index contributed by atoms with van der Waals surface area (Å²) in [6, 6.07) is 6.22. The van der Waals surface area contributed by atoms with Crippen LogP contribution in [0.1, 0.15) is 48.3 Å². The highest BCUT2D eigenvalue weighted by atomic mass is 19.1. The minimum absolute atomic E-state index is 0.246. The summed E-state index contributed by atoms with van der Waals surface area (Å²) in [6.45, 7) is 5.48. The lowest BCUT2D eigenvalue weighted by molar-refractivity contribution is 0.0941. The molecule has 1 atom stereocenters. The molecule has 1 amide bonds. The van der Waals surface area contributed by atoms with Crippen molar-refractivity contribution < 1.29 is 9.18 Å². The number of amides is 1. The quantitative estimate of drug-likeness (QED) is 0.872. The molecular weight excluding hydrogens is 321 g/mol. The topological polar surface area (TPSA) is 63.1 Å². The molecule has 1 aromatic heterocycles.